The van der Waals surface area contributed by atoms with Crippen LogP contribution < -0.4 is 10.1 Å². The molecule has 0 spiro atoms. The first-order chi connectivity index (χ1) is 8.92. The standard InChI is InChI=1S/C12H14BrNO5/c1-6(15)14-10-8(18-2)5-4-7(13)9(10)11(16)12(17)19-3/h4-5,11,16H,1-3H3,(H,14,15). The van der Waals surface area contributed by atoms with Gasteiger partial charge in [0.15, 0.2) is 6.10 Å². The second-order valence-corrected chi connectivity index (χ2v) is 4.50. The van der Waals surface area contributed by atoms with Gasteiger partial charge in [-0.3, -0.25) is 4.79 Å². The Hall–Kier alpha value is -1.60. The third-order valence-electron chi connectivity index (χ3n) is 2.37. The molecule has 0 aromatic heterocycles. The number of aliphatic hydroxyl groups is 1. The zero-order chi connectivity index (χ0) is 14.6. The fourth-order valence-corrected chi connectivity index (χ4v) is 2.09. The summed E-state index contributed by atoms with van der Waals surface area (Å²) in [5.74, 6) is -0.855. The molecule has 1 aromatic carbocycles. The van der Waals surface area contributed by atoms with Gasteiger partial charge in [-0.15, -0.1) is 0 Å². The molecule has 1 rings (SSSR count). The summed E-state index contributed by atoms with van der Waals surface area (Å²) in [5.41, 5.74) is 0.406. The van der Waals surface area contributed by atoms with Gasteiger partial charge in [0.1, 0.15) is 5.75 Å². The van der Waals surface area contributed by atoms with E-state index in [9.17, 15) is 14.7 Å². The minimum Gasteiger partial charge on any atom is -0.495 e. The molecule has 1 unspecified atom stereocenters. The van der Waals surface area contributed by atoms with Crippen LogP contribution in [-0.2, 0) is 14.3 Å². The molecular weight excluding hydrogens is 318 g/mol. The number of methoxy groups -OCH3 is 2. The Kier molecular flexibility index (Phi) is 5.31. The van der Waals surface area contributed by atoms with E-state index < -0.39 is 12.1 Å². The molecule has 0 aliphatic carbocycles. The lowest BCUT2D eigenvalue weighted by atomic mass is 10.1. The highest BCUT2D eigenvalue weighted by Gasteiger charge is 2.26. The number of anilines is 1. The van der Waals surface area contributed by atoms with E-state index in [1.165, 1.54) is 14.0 Å². The Morgan fingerprint density at radius 2 is 2.00 bits per heavy atom. The van der Waals surface area contributed by atoms with Crippen molar-refractivity contribution in [3.63, 3.8) is 0 Å². The van der Waals surface area contributed by atoms with Crippen molar-refractivity contribution in [2.45, 2.75) is 13.0 Å². The van der Waals surface area contributed by atoms with Crippen LogP contribution in [0.15, 0.2) is 16.6 Å². The monoisotopic (exact) mass is 331 g/mol. The van der Waals surface area contributed by atoms with Crippen LogP contribution in [0.2, 0.25) is 0 Å². The van der Waals surface area contributed by atoms with Gasteiger partial charge in [0.05, 0.1) is 19.9 Å². The summed E-state index contributed by atoms with van der Waals surface area (Å²) < 4.78 is 10.1. The molecule has 0 aliphatic heterocycles. The quantitative estimate of drug-likeness (QED) is 0.819. The fourth-order valence-electron chi connectivity index (χ4n) is 1.55. The van der Waals surface area contributed by atoms with Crippen LogP contribution in [0.25, 0.3) is 0 Å². The van der Waals surface area contributed by atoms with Crippen molar-refractivity contribution in [1.29, 1.82) is 0 Å². The summed E-state index contributed by atoms with van der Waals surface area (Å²) in [4.78, 5) is 22.7. The van der Waals surface area contributed by atoms with Crippen LogP contribution in [0.4, 0.5) is 5.69 Å². The number of amides is 1. The van der Waals surface area contributed by atoms with E-state index in [0.717, 1.165) is 7.11 Å². The molecule has 0 heterocycles. The Labute approximate surface area is 118 Å². The Morgan fingerprint density at radius 1 is 1.37 bits per heavy atom. The number of carbonyl (C=O) groups excluding carboxylic acids is 2. The average Bonchev–Trinajstić information content (AvgIpc) is 2.37. The highest BCUT2D eigenvalue weighted by atomic mass is 79.9. The predicted octanol–water partition coefficient (Wildman–Crippen LogP) is 1.62. The molecular formula is C12H14BrNO5. The van der Waals surface area contributed by atoms with Crippen LogP contribution in [-0.4, -0.2) is 31.2 Å². The van der Waals surface area contributed by atoms with Crippen LogP contribution in [0.1, 0.15) is 18.6 Å². The lowest BCUT2D eigenvalue weighted by molar-refractivity contribution is -0.150. The molecule has 0 radical (unpaired) electrons. The SMILES string of the molecule is COC(=O)C(O)c1c(Br)ccc(OC)c1NC(C)=O. The van der Waals surface area contributed by atoms with E-state index in [0.29, 0.717) is 10.2 Å². The molecule has 6 nitrogen and oxygen atoms in total. The lowest BCUT2D eigenvalue weighted by Gasteiger charge is -2.18. The van der Waals surface area contributed by atoms with Crippen LogP contribution in [0.5, 0.6) is 5.75 Å². The van der Waals surface area contributed by atoms with E-state index >= 15 is 0 Å². The van der Waals surface area contributed by atoms with Gasteiger partial charge in [-0.05, 0) is 12.1 Å². The molecule has 1 atom stereocenters. The topological polar surface area (TPSA) is 84.9 Å². The summed E-state index contributed by atoms with van der Waals surface area (Å²) >= 11 is 3.22. The van der Waals surface area contributed by atoms with Gasteiger partial charge in [-0.1, -0.05) is 15.9 Å². The Bertz CT molecular complexity index is 503. The number of aliphatic hydroxyl groups excluding tert-OH is 1. The molecule has 2 N–H and O–H groups in total. The molecule has 1 amide bonds. The third kappa shape index (κ3) is 3.45. The van der Waals surface area contributed by atoms with Gasteiger partial charge in [0, 0.05) is 17.0 Å². The lowest BCUT2D eigenvalue weighted by Crippen LogP contribution is -2.18. The van der Waals surface area contributed by atoms with E-state index in [-0.39, 0.29) is 17.2 Å². The largest absolute Gasteiger partial charge is 0.495 e. The Morgan fingerprint density at radius 3 is 2.47 bits per heavy atom. The number of ether oxygens (including phenoxy) is 2. The van der Waals surface area contributed by atoms with Gasteiger partial charge in [0.2, 0.25) is 5.91 Å². The molecule has 0 aliphatic rings. The van der Waals surface area contributed by atoms with Crippen LogP contribution >= 0.6 is 15.9 Å². The summed E-state index contributed by atoms with van der Waals surface area (Å²) in [6.07, 6.45) is -1.53. The summed E-state index contributed by atoms with van der Waals surface area (Å²) in [6.45, 7) is 1.31. The van der Waals surface area contributed by atoms with Crippen molar-refractivity contribution in [2.75, 3.05) is 19.5 Å². The predicted molar refractivity (Wildman–Crippen MR) is 72.0 cm³/mol. The molecule has 0 bridgehead atoms. The number of benzene rings is 1. The number of hydrogen-bond donors (Lipinski definition) is 2. The van der Waals surface area contributed by atoms with Gasteiger partial charge in [-0.2, -0.15) is 0 Å². The van der Waals surface area contributed by atoms with E-state index in [1.54, 1.807) is 12.1 Å². The maximum atomic E-state index is 11.5. The second kappa shape index (κ2) is 6.53. The van der Waals surface area contributed by atoms with Crippen molar-refractivity contribution in [1.82, 2.24) is 0 Å². The van der Waals surface area contributed by atoms with Crippen LogP contribution in [0.3, 0.4) is 0 Å². The van der Waals surface area contributed by atoms with Crippen molar-refractivity contribution in [3.8, 4) is 5.75 Å². The minimum absolute atomic E-state index is 0.182. The summed E-state index contributed by atoms with van der Waals surface area (Å²) in [5, 5.41) is 12.5. The zero-order valence-electron chi connectivity index (χ0n) is 10.7. The number of halogens is 1. The normalized spacial score (nSPS) is 11.6. The van der Waals surface area contributed by atoms with Crippen molar-refractivity contribution < 1.29 is 24.2 Å². The molecule has 1 aromatic rings. The van der Waals surface area contributed by atoms with Crippen molar-refractivity contribution in [2.24, 2.45) is 0 Å². The number of esters is 1. The molecule has 19 heavy (non-hydrogen) atoms. The third-order valence-corrected chi connectivity index (χ3v) is 3.06. The molecule has 104 valence electrons. The molecule has 7 heteroatoms. The first-order valence-corrected chi connectivity index (χ1v) is 6.11. The van der Waals surface area contributed by atoms with Gasteiger partial charge >= 0.3 is 5.97 Å². The highest BCUT2D eigenvalue weighted by molar-refractivity contribution is 9.10. The summed E-state index contributed by atoms with van der Waals surface area (Å²) in [6, 6.07) is 3.20. The average molecular weight is 332 g/mol. The first kappa shape index (κ1) is 15.5. The molecule has 0 saturated carbocycles. The van der Waals surface area contributed by atoms with E-state index in [1.807, 2.05) is 0 Å². The van der Waals surface area contributed by atoms with Gasteiger partial charge < -0.3 is 19.9 Å². The smallest absolute Gasteiger partial charge is 0.339 e. The van der Waals surface area contributed by atoms with Gasteiger partial charge in [-0.25, -0.2) is 4.79 Å². The van der Waals surface area contributed by atoms with E-state index in [4.69, 9.17) is 4.74 Å². The van der Waals surface area contributed by atoms with E-state index in [2.05, 4.69) is 26.0 Å². The second-order valence-electron chi connectivity index (χ2n) is 3.65. The number of nitrogens with one attached hydrogen (secondary N) is 1. The number of hydrogen-bond acceptors (Lipinski definition) is 5. The summed E-state index contributed by atoms with van der Waals surface area (Å²) in [7, 11) is 2.58. The van der Waals surface area contributed by atoms with Crippen molar-refractivity contribution >= 4 is 33.5 Å². The van der Waals surface area contributed by atoms with Gasteiger partial charge in [0.25, 0.3) is 0 Å². The maximum Gasteiger partial charge on any atom is 0.339 e. The highest BCUT2D eigenvalue weighted by Crippen LogP contribution is 2.38. The Balaban J connectivity index is 3.41. The fraction of sp³-hybridized carbons (Fsp3) is 0.333. The molecule has 0 fully saturated rings. The first-order valence-electron chi connectivity index (χ1n) is 5.32. The van der Waals surface area contributed by atoms with Crippen LogP contribution in [0, 0.1) is 0 Å². The number of rotatable bonds is 4. The zero-order valence-corrected chi connectivity index (χ0v) is 12.3. The van der Waals surface area contributed by atoms with Crippen molar-refractivity contribution in [3.05, 3.63) is 22.2 Å². The molecule has 0 saturated heterocycles. The maximum absolute atomic E-state index is 11.5. The minimum atomic E-state index is -1.53. The number of carbonyl (C=O) groups is 2.